The minimum absolute atomic E-state index is 0.0542. The standard InChI is InChI=1S/C19H25N3O/c1-3-4-6-9-16(2)21-19(23)13-12-17-14-20-22(15-17)18-10-7-5-8-11-18/h5,7-8,10-16H,3-4,6,9H2,1-2H3,(H,21,23)/b13-12+. The molecule has 1 aromatic heterocycles. The van der Waals surface area contributed by atoms with Crippen molar-refractivity contribution in [1.82, 2.24) is 15.1 Å². The summed E-state index contributed by atoms with van der Waals surface area (Å²) in [4.78, 5) is 11.9. The van der Waals surface area contributed by atoms with E-state index in [2.05, 4.69) is 24.3 Å². The molecule has 1 heterocycles. The van der Waals surface area contributed by atoms with Crippen LogP contribution in [0.15, 0.2) is 48.8 Å². The molecule has 0 saturated carbocycles. The number of benzene rings is 1. The van der Waals surface area contributed by atoms with Gasteiger partial charge in [0.2, 0.25) is 5.91 Å². The number of carbonyl (C=O) groups excluding carboxylic acids is 1. The summed E-state index contributed by atoms with van der Waals surface area (Å²) < 4.78 is 1.80. The number of rotatable bonds is 8. The number of hydrogen-bond donors (Lipinski definition) is 1. The Bertz CT molecular complexity index is 631. The zero-order valence-corrected chi connectivity index (χ0v) is 13.9. The molecule has 1 amide bonds. The largest absolute Gasteiger partial charge is 0.350 e. The summed E-state index contributed by atoms with van der Waals surface area (Å²) in [6.45, 7) is 4.23. The fraction of sp³-hybridized carbons (Fsp3) is 0.368. The van der Waals surface area contributed by atoms with Crippen molar-refractivity contribution in [3.05, 3.63) is 54.4 Å². The Morgan fingerprint density at radius 2 is 2.09 bits per heavy atom. The number of carbonyl (C=O) groups is 1. The second-order valence-corrected chi connectivity index (χ2v) is 5.79. The summed E-state index contributed by atoms with van der Waals surface area (Å²) in [5, 5.41) is 7.30. The number of nitrogens with one attached hydrogen (secondary N) is 1. The van der Waals surface area contributed by atoms with Crippen molar-refractivity contribution in [2.24, 2.45) is 0 Å². The maximum Gasteiger partial charge on any atom is 0.244 e. The lowest BCUT2D eigenvalue weighted by Crippen LogP contribution is -2.30. The van der Waals surface area contributed by atoms with Gasteiger partial charge in [-0.25, -0.2) is 4.68 Å². The second kappa shape index (κ2) is 8.93. The molecule has 0 aliphatic carbocycles. The van der Waals surface area contributed by atoms with Crippen molar-refractivity contribution in [2.45, 2.75) is 45.6 Å². The van der Waals surface area contributed by atoms with Crippen LogP contribution < -0.4 is 5.32 Å². The first-order chi connectivity index (χ1) is 11.2. The number of amides is 1. The third kappa shape index (κ3) is 5.74. The molecule has 1 atom stereocenters. The van der Waals surface area contributed by atoms with Gasteiger partial charge in [-0.05, 0) is 31.6 Å². The highest BCUT2D eigenvalue weighted by Crippen LogP contribution is 2.09. The van der Waals surface area contributed by atoms with Crippen LogP contribution in [0.2, 0.25) is 0 Å². The molecule has 2 rings (SSSR count). The van der Waals surface area contributed by atoms with Crippen LogP contribution >= 0.6 is 0 Å². The van der Waals surface area contributed by atoms with Gasteiger partial charge >= 0.3 is 0 Å². The van der Waals surface area contributed by atoms with Gasteiger partial charge in [0.25, 0.3) is 0 Å². The van der Waals surface area contributed by atoms with E-state index in [1.165, 1.54) is 12.8 Å². The Balaban J connectivity index is 1.85. The summed E-state index contributed by atoms with van der Waals surface area (Å²) in [5.41, 5.74) is 1.91. The van der Waals surface area contributed by atoms with E-state index in [1.807, 2.05) is 36.5 Å². The van der Waals surface area contributed by atoms with Crippen LogP contribution in [-0.4, -0.2) is 21.7 Å². The first-order valence-corrected chi connectivity index (χ1v) is 8.27. The van der Waals surface area contributed by atoms with Crippen LogP contribution in [0.4, 0.5) is 0 Å². The fourth-order valence-corrected chi connectivity index (χ4v) is 2.38. The molecule has 0 radical (unpaired) electrons. The number of hydrogen-bond acceptors (Lipinski definition) is 2. The molecule has 0 saturated heterocycles. The van der Waals surface area contributed by atoms with Crippen molar-refractivity contribution < 1.29 is 4.79 Å². The molecule has 4 heteroatoms. The van der Waals surface area contributed by atoms with Crippen LogP contribution in [0.25, 0.3) is 11.8 Å². The predicted molar refractivity (Wildman–Crippen MR) is 94.3 cm³/mol. The first kappa shape index (κ1) is 17.0. The first-order valence-electron chi connectivity index (χ1n) is 8.27. The Morgan fingerprint density at radius 3 is 2.83 bits per heavy atom. The van der Waals surface area contributed by atoms with Gasteiger partial charge in [-0.2, -0.15) is 5.10 Å². The highest BCUT2D eigenvalue weighted by Gasteiger charge is 2.04. The summed E-state index contributed by atoms with van der Waals surface area (Å²) in [6, 6.07) is 10.1. The Hall–Kier alpha value is -2.36. The maximum atomic E-state index is 11.9. The highest BCUT2D eigenvalue weighted by molar-refractivity contribution is 5.91. The van der Waals surface area contributed by atoms with Gasteiger partial charge in [0.15, 0.2) is 0 Å². The number of unbranched alkanes of at least 4 members (excludes halogenated alkanes) is 2. The molecule has 1 unspecified atom stereocenters. The van der Waals surface area contributed by atoms with E-state index in [0.29, 0.717) is 0 Å². The van der Waals surface area contributed by atoms with Crippen LogP contribution in [0.5, 0.6) is 0 Å². The lowest BCUT2D eigenvalue weighted by atomic mass is 10.1. The van der Waals surface area contributed by atoms with E-state index in [9.17, 15) is 4.79 Å². The molecule has 4 nitrogen and oxygen atoms in total. The molecular formula is C19H25N3O. The molecule has 0 bridgehead atoms. The van der Waals surface area contributed by atoms with Crippen LogP contribution in [0, 0.1) is 0 Å². The summed E-state index contributed by atoms with van der Waals surface area (Å²) in [7, 11) is 0. The topological polar surface area (TPSA) is 46.9 Å². The molecule has 23 heavy (non-hydrogen) atoms. The SMILES string of the molecule is CCCCCC(C)NC(=O)/C=C/c1cnn(-c2ccccc2)c1. The predicted octanol–water partition coefficient (Wildman–Crippen LogP) is 3.97. The smallest absolute Gasteiger partial charge is 0.244 e. The monoisotopic (exact) mass is 311 g/mol. The molecular weight excluding hydrogens is 286 g/mol. The number of aromatic nitrogens is 2. The van der Waals surface area contributed by atoms with E-state index < -0.39 is 0 Å². The molecule has 0 spiro atoms. The highest BCUT2D eigenvalue weighted by atomic mass is 16.1. The van der Waals surface area contributed by atoms with E-state index in [-0.39, 0.29) is 11.9 Å². The number of nitrogens with zero attached hydrogens (tertiary/aromatic N) is 2. The Kier molecular flexibility index (Phi) is 6.60. The van der Waals surface area contributed by atoms with Crippen molar-refractivity contribution in [1.29, 1.82) is 0 Å². The summed E-state index contributed by atoms with van der Waals surface area (Å²) in [5.74, 6) is -0.0542. The summed E-state index contributed by atoms with van der Waals surface area (Å²) in [6.07, 6.45) is 11.6. The van der Waals surface area contributed by atoms with Gasteiger partial charge in [0, 0.05) is 23.9 Å². The third-order valence-electron chi connectivity index (χ3n) is 3.68. The average Bonchev–Trinajstić information content (AvgIpc) is 3.03. The van der Waals surface area contributed by atoms with Crippen molar-refractivity contribution in [3.63, 3.8) is 0 Å². The Morgan fingerprint density at radius 1 is 1.30 bits per heavy atom. The van der Waals surface area contributed by atoms with Crippen molar-refractivity contribution >= 4 is 12.0 Å². The maximum absolute atomic E-state index is 11.9. The molecule has 2 aromatic rings. The van der Waals surface area contributed by atoms with E-state index in [0.717, 1.165) is 24.1 Å². The van der Waals surface area contributed by atoms with Crippen molar-refractivity contribution in [3.8, 4) is 5.69 Å². The second-order valence-electron chi connectivity index (χ2n) is 5.79. The van der Waals surface area contributed by atoms with Crippen LogP contribution in [-0.2, 0) is 4.79 Å². The van der Waals surface area contributed by atoms with Crippen LogP contribution in [0.3, 0.4) is 0 Å². The van der Waals surface area contributed by atoms with Crippen LogP contribution in [0.1, 0.15) is 45.1 Å². The van der Waals surface area contributed by atoms with Gasteiger partial charge in [0.05, 0.1) is 11.9 Å². The molecule has 1 aromatic carbocycles. The quantitative estimate of drug-likeness (QED) is 0.592. The lowest BCUT2D eigenvalue weighted by Gasteiger charge is -2.11. The third-order valence-corrected chi connectivity index (χ3v) is 3.68. The van der Waals surface area contributed by atoms with E-state index >= 15 is 0 Å². The normalized spacial score (nSPS) is 12.4. The van der Waals surface area contributed by atoms with Crippen molar-refractivity contribution in [2.75, 3.05) is 0 Å². The molecule has 1 N–H and O–H groups in total. The van der Waals surface area contributed by atoms with E-state index in [1.54, 1.807) is 23.0 Å². The molecule has 0 aliphatic heterocycles. The summed E-state index contributed by atoms with van der Waals surface area (Å²) >= 11 is 0. The van der Waals surface area contributed by atoms with Gasteiger partial charge in [0.1, 0.15) is 0 Å². The fourth-order valence-electron chi connectivity index (χ4n) is 2.38. The van der Waals surface area contributed by atoms with Gasteiger partial charge in [-0.15, -0.1) is 0 Å². The van der Waals surface area contributed by atoms with Gasteiger partial charge in [-0.3, -0.25) is 4.79 Å². The van der Waals surface area contributed by atoms with E-state index in [4.69, 9.17) is 0 Å². The Labute approximate surface area is 138 Å². The minimum Gasteiger partial charge on any atom is -0.350 e. The van der Waals surface area contributed by atoms with Gasteiger partial charge in [-0.1, -0.05) is 44.4 Å². The molecule has 0 fully saturated rings. The molecule has 0 aliphatic rings. The van der Waals surface area contributed by atoms with Gasteiger partial charge < -0.3 is 5.32 Å². The zero-order chi connectivity index (χ0) is 16.5. The number of para-hydroxylation sites is 1. The zero-order valence-electron chi connectivity index (χ0n) is 13.9. The molecule has 122 valence electrons. The minimum atomic E-state index is -0.0542. The lowest BCUT2D eigenvalue weighted by molar-refractivity contribution is -0.117. The average molecular weight is 311 g/mol.